The van der Waals surface area contributed by atoms with E-state index in [-0.39, 0.29) is 11.8 Å². The van der Waals surface area contributed by atoms with Gasteiger partial charge in [0.05, 0.1) is 11.9 Å². The van der Waals surface area contributed by atoms with Gasteiger partial charge in [-0.1, -0.05) is 32.0 Å². The number of pyridine rings is 1. The number of aromatic nitrogens is 1. The Hall–Kier alpha value is -2.36. The molecule has 0 bridgehead atoms. The Bertz CT molecular complexity index is 692. The lowest BCUT2D eigenvalue weighted by atomic mass is 10.0. The smallest absolute Gasteiger partial charge is 0.228 e. The first-order valence-corrected chi connectivity index (χ1v) is 8.85. The number of hydrogen-bond acceptors (Lipinski definition) is 3. The number of aryl methyl sites for hydroxylation is 1. The molecule has 0 unspecified atom stereocenters. The number of nitrogens with zero attached hydrogens (tertiary/aromatic N) is 2. The third kappa shape index (κ3) is 3.42. The van der Waals surface area contributed by atoms with Gasteiger partial charge in [0, 0.05) is 18.2 Å². The molecular weight excluding hydrogens is 298 g/mol. The third-order valence-corrected chi connectivity index (χ3v) is 4.78. The summed E-state index contributed by atoms with van der Waals surface area (Å²) in [7, 11) is 0. The fourth-order valence-electron chi connectivity index (χ4n) is 3.31. The van der Waals surface area contributed by atoms with E-state index < -0.39 is 0 Å². The van der Waals surface area contributed by atoms with Crippen LogP contribution in [0.2, 0.25) is 0 Å². The predicted octanol–water partition coefficient (Wildman–Crippen LogP) is 4.54. The van der Waals surface area contributed by atoms with Crippen molar-refractivity contribution in [2.24, 2.45) is 5.92 Å². The Morgan fingerprint density at radius 2 is 2.00 bits per heavy atom. The molecule has 3 rings (SSSR count). The van der Waals surface area contributed by atoms with E-state index in [1.165, 1.54) is 11.3 Å². The van der Waals surface area contributed by atoms with Gasteiger partial charge in [0.15, 0.2) is 0 Å². The molecule has 4 heteroatoms. The fourth-order valence-corrected chi connectivity index (χ4v) is 3.31. The van der Waals surface area contributed by atoms with Crippen LogP contribution in [0.3, 0.4) is 0 Å². The van der Waals surface area contributed by atoms with Crippen LogP contribution in [0.1, 0.15) is 38.7 Å². The molecule has 2 aromatic rings. The van der Waals surface area contributed by atoms with Crippen LogP contribution in [0.4, 0.5) is 17.2 Å². The molecule has 2 heterocycles. The molecule has 0 saturated carbocycles. The third-order valence-electron chi connectivity index (χ3n) is 4.78. The minimum absolute atomic E-state index is 0.0560. The topological polar surface area (TPSA) is 45.2 Å². The van der Waals surface area contributed by atoms with Gasteiger partial charge in [0.25, 0.3) is 0 Å². The molecule has 1 aliphatic rings. The second kappa shape index (κ2) is 7.47. The van der Waals surface area contributed by atoms with Crippen LogP contribution >= 0.6 is 0 Å². The van der Waals surface area contributed by atoms with E-state index in [0.717, 1.165) is 37.9 Å². The van der Waals surface area contributed by atoms with Gasteiger partial charge < -0.3 is 10.2 Å². The van der Waals surface area contributed by atoms with Crippen molar-refractivity contribution in [3.63, 3.8) is 0 Å². The zero-order valence-corrected chi connectivity index (χ0v) is 14.5. The number of carbonyl (C=O) groups excluding carboxylic acids is 1. The van der Waals surface area contributed by atoms with Crippen LogP contribution in [0.25, 0.3) is 0 Å². The van der Waals surface area contributed by atoms with Crippen molar-refractivity contribution in [1.82, 2.24) is 4.98 Å². The maximum Gasteiger partial charge on any atom is 0.228 e. The number of carbonyl (C=O) groups is 1. The van der Waals surface area contributed by atoms with E-state index in [4.69, 9.17) is 0 Å². The van der Waals surface area contributed by atoms with Gasteiger partial charge in [-0.3, -0.25) is 4.79 Å². The highest BCUT2D eigenvalue weighted by Gasteiger charge is 2.18. The summed E-state index contributed by atoms with van der Waals surface area (Å²) in [6, 6.07) is 12.5. The predicted molar refractivity (Wildman–Crippen MR) is 98.7 cm³/mol. The van der Waals surface area contributed by atoms with Crippen LogP contribution in [-0.2, 0) is 11.2 Å². The van der Waals surface area contributed by atoms with Crippen molar-refractivity contribution in [3.8, 4) is 0 Å². The number of fused-ring (bicyclic) bond motifs is 1. The van der Waals surface area contributed by atoms with Crippen molar-refractivity contribution in [2.45, 2.75) is 39.5 Å². The van der Waals surface area contributed by atoms with E-state index in [9.17, 15) is 4.79 Å². The molecule has 0 radical (unpaired) electrons. The number of nitrogens with one attached hydrogen (secondary N) is 1. The molecule has 1 aromatic heterocycles. The normalized spacial score (nSPS) is 13.7. The molecular formula is C20H25N3O. The maximum atomic E-state index is 12.2. The van der Waals surface area contributed by atoms with Crippen molar-refractivity contribution >= 4 is 23.1 Å². The summed E-state index contributed by atoms with van der Waals surface area (Å²) in [6.45, 7) is 5.08. The first-order chi connectivity index (χ1) is 11.7. The second-order valence-corrected chi connectivity index (χ2v) is 6.29. The van der Waals surface area contributed by atoms with Gasteiger partial charge in [0.2, 0.25) is 5.91 Å². The summed E-state index contributed by atoms with van der Waals surface area (Å²) in [4.78, 5) is 18.9. The van der Waals surface area contributed by atoms with E-state index in [1.807, 2.05) is 32.2 Å². The van der Waals surface area contributed by atoms with Crippen LogP contribution in [0.5, 0.6) is 0 Å². The zero-order valence-electron chi connectivity index (χ0n) is 14.5. The highest BCUT2D eigenvalue weighted by molar-refractivity contribution is 5.91. The average molecular weight is 323 g/mol. The van der Waals surface area contributed by atoms with Crippen LogP contribution < -0.4 is 10.2 Å². The molecule has 0 saturated heterocycles. The molecule has 126 valence electrons. The van der Waals surface area contributed by atoms with Crippen molar-refractivity contribution in [3.05, 3.63) is 48.2 Å². The van der Waals surface area contributed by atoms with E-state index in [1.54, 1.807) is 0 Å². The lowest BCUT2D eigenvalue weighted by molar-refractivity contribution is -0.120. The van der Waals surface area contributed by atoms with E-state index in [0.29, 0.717) is 5.82 Å². The molecule has 1 aromatic carbocycles. The van der Waals surface area contributed by atoms with Gasteiger partial charge in [-0.15, -0.1) is 0 Å². The Morgan fingerprint density at radius 1 is 1.21 bits per heavy atom. The van der Waals surface area contributed by atoms with Gasteiger partial charge in [0.1, 0.15) is 5.82 Å². The summed E-state index contributed by atoms with van der Waals surface area (Å²) >= 11 is 0. The van der Waals surface area contributed by atoms with Gasteiger partial charge in [-0.2, -0.15) is 0 Å². The molecule has 24 heavy (non-hydrogen) atoms. The Kier molecular flexibility index (Phi) is 5.14. The van der Waals surface area contributed by atoms with Gasteiger partial charge >= 0.3 is 0 Å². The number of amides is 1. The number of hydrogen-bond donors (Lipinski definition) is 1. The summed E-state index contributed by atoms with van der Waals surface area (Å²) in [5, 5.41) is 2.92. The highest BCUT2D eigenvalue weighted by Crippen LogP contribution is 2.33. The molecule has 0 atom stereocenters. The quantitative estimate of drug-likeness (QED) is 0.878. The summed E-state index contributed by atoms with van der Waals surface area (Å²) in [6.07, 6.45) is 5.83. The minimum atomic E-state index is 0.0560. The fraction of sp³-hybridized carbons (Fsp3) is 0.400. The second-order valence-electron chi connectivity index (χ2n) is 6.29. The average Bonchev–Trinajstić information content (AvgIpc) is 2.63. The first kappa shape index (κ1) is 16.5. The van der Waals surface area contributed by atoms with E-state index >= 15 is 0 Å². The molecule has 1 aliphatic heterocycles. The van der Waals surface area contributed by atoms with Crippen LogP contribution in [0, 0.1) is 5.92 Å². The maximum absolute atomic E-state index is 12.2. The van der Waals surface area contributed by atoms with Crippen LogP contribution in [0.15, 0.2) is 42.6 Å². The highest BCUT2D eigenvalue weighted by atomic mass is 16.1. The lowest BCUT2D eigenvalue weighted by Gasteiger charge is -2.31. The van der Waals surface area contributed by atoms with Crippen molar-refractivity contribution in [2.75, 3.05) is 16.8 Å². The Balaban J connectivity index is 1.75. The molecule has 0 spiro atoms. The zero-order chi connectivity index (χ0) is 16.9. The Labute approximate surface area is 143 Å². The molecule has 0 aliphatic carbocycles. The van der Waals surface area contributed by atoms with E-state index in [2.05, 4.69) is 39.5 Å². The first-order valence-electron chi connectivity index (χ1n) is 8.85. The van der Waals surface area contributed by atoms with Crippen LogP contribution in [-0.4, -0.2) is 17.4 Å². The van der Waals surface area contributed by atoms with Gasteiger partial charge in [-0.25, -0.2) is 4.98 Å². The Morgan fingerprint density at radius 3 is 2.71 bits per heavy atom. The summed E-state index contributed by atoms with van der Waals surface area (Å²) < 4.78 is 0. The largest absolute Gasteiger partial charge is 0.340 e. The number of para-hydroxylation sites is 1. The van der Waals surface area contributed by atoms with Crippen molar-refractivity contribution in [1.29, 1.82) is 0 Å². The molecule has 1 N–H and O–H groups in total. The SMILES string of the molecule is CCC(CC)C(=O)Nc1ccc(N2CCCc3ccccc32)cn1. The summed E-state index contributed by atoms with van der Waals surface area (Å²) in [5.41, 5.74) is 3.72. The summed E-state index contributed by atoms with van der Waals surface area (Å²) in [5.74, 6) is 0.741. The number of anilines is 3. The lowest BCUT2D eigenvalue weighted by Crippen LogP contribution is -2.25. The minimum Gasteiger partial charge on any atom is -0.340 e. The number of benzene rings is 1. The molecule has 4 nitrogen and oxygen atoms in total. The molecule has 1 amide bonds. The monoisotopic (exact) mass is 323 g/mol. The molecule has 0 fully saturated rings. The standard InChI is InChI=1S/C20H25N3O/c1-3-15(4-2)20(24)22-19-12-11-17(14-21-19)23-13-7-9-16-8-5-6-10-18(16)23/h5-6,8,10-12,14-15H,3-4,7,9,13H2,1-2H3,(H,21,22,24). The van der Waals surface area contributed by atoms with Crippen molar-refractivity contribution < 1.29 is 4.79 Å². The number of rotatable bonds is 5. The van der Waals surface area contributed by atoms with Gasteiger partial charge in [-0.05, 0) is 49.4 Å².